The smallest absolute Gasteiger partial charge is 0.322 e. The van der Waals surface area contributed by atoms with Crippen molar-refractivity contribution in [3.05, 3.63) is 53.1 Å². The number of halogens is 2. The number of nitrogens with zero attached hydrogens (tertiary/aromatic N) is 5. The molecule has 2 aromatic heterocycles. The lowest BCUT2D eigenvalue weighted by molar-refractivity contribution is 0.176. The molecule has 0 saturated carbocycles. The maximum Gasteiger partial charge on any atom is 0.322 e. The molecule has 2 amide bonds. The van der Waals surface area contributed by atoms with Gasteiger partial charge in [-0.15, -0.1) is 0 Å². The van der Waals surface area contributed by atoms with E-state index in [-0.39, 0.29) is 17.9 Å². The first kappa shape index (κ1) is 20.0. The number of rotatable bonds is 3. The highest BCUT2D eigenvalue weighted by Crippen LogP contribution is 2.38. The van der Waals surface area contributed by atoms with Gasteiger partial charge in [0, 0.05) is 30.9 Å². The van der Waals surface area contributed by atoms with Crippen molar-refractivity contribution in [2.45, 2.75) is 31.4 Å². The average molecular weight is 445 g/mol. The van der Waals surface area contributed by atoms with Gasteiger partial charge in [0.1, 0.15) is 17.3 Å². The SMILES string of the molecule is O=C(Nc1cnn2ccc(N3CCC[C@@H]3c3cc(F)ccc3Cl)nc12)N1CCC(O)C1. The second kappa shape index (κ2) is 7.97. The molecule has 31 heavy (non-hydrogen) atoms. The zero-order chi connectivity index (χ0) is 21.5. The molecule has 0 aliphatic carbocycles. The van der Waals surface area contributed by atoms with Crippen molar-refractivity contribution in [2.24, 2.45) is 0 Å². The Morgan fingerprint density at radius 2 is 2.13 bits per heavy atom. The van der Waals surface area contributed by atoms with Gasteiger partial charge in [-0.3, -0.25) is 0 Å². The number of benzene rings is 1. The van der Waals surface area contributed by atoms with E-state index < -0.39 is 6.10 Å². The van der Waals surface area contributed by atoms with Crippen LogP contribution in [0.25, 0.3) is 5.65 Å². The van der Waals surface area contributed by atoms with Crippen LogP contribution in [-0.2, 0) is 0 Å². The molecule has 3 aromatic rings. The van der Waals surface area contributed by atoms with Crippen molar-refractivity contribution in [1.29, 1.82) is 0 Å². The molecule has 0 radical (unpaired) electrons. The second-order valence-corrected chi connectivity index (χ2v) is 8.36. The molecular weight excluding hydrogens is 423 g/mol. The van der Waals surface area contributed by atoms with E-state index in [4.69, 9.17) is 16.6 Å². The lowest BCUT2D eigenvalue weighted by atomic mass is 10.0. The van der Waals surface area contributed by atoms with Crippen LogP contribution < -0.4 is 10.2 Å². The van der Waals surface area contributed by atoms with Crippen LogP contribution in [0.15, 0.2) is 36.7 Å². The Bertz CT molecular complexity index is 1140. The van der Waals surface area contributed by atoms with E-state index in [1.165, 1.54) is 12.1 Å². The predicted octanol–water partition coefficient (Wildman–Crippen LogP) is 3.46. The number of aliphatic hydroxyl groups excluding tert-OH is 1. The van der Waals surface area contributed by atoms with Gasteiger partial charge in [-0.1, -0.05) is 11.6 Å². The van der Waals surface area contributed by atoms with E-state index in [1.54, 1.807) is 27.9 Å². The van der Waals surface area contributed by atoms with Gasteiger partial charge in [-0.25, -0.2) is 18.7 Å². The number of amides is 2. The summed E-state index contributed by atoms with van der Waals surface area (Å²) in [5, 5.41) is 17.3. The van der Waals surface area contributed by atoms with E-state index in [9.17, 15) is 14.3 Å². The Morgan fingerprint density at radius 1 is 1.26 bits per heavy atom. The monoisotopic (exact) mass is 444 g/mol. The van der Waals surface area contributed by atoms with E-state index in [1.807, 2.05) is 6.07 Å². The number of carbonyl (C=O) groups excluding carboxylic acids is 1. The lowest BCUT2D eigenvalue weighted by Gasteiger charge is -2.27. The van der Waals surface area contributed by atoms with Crippen molar-refractivity contribution in [3.8, 4) is 0 Å². The molecule has 5 rings (SSSR count). The Hall–Kier alpha value is -2.91. The number of anilines is 2. The fourth-order valence-electron chi connectivity index (χ4n) is 4.36. The highest BCUT2D eigenvalue weighted by atomic mass is 35.5. The van der Waals surface area contributed by atoms with Crippen LogP contribution in [-0.4, -0.2) is 56.4 Å². The zero-order valence-electron chi connectivity index (χ0n) is 16.7. The number of nitrogens with one attached hydrogen (secondary N) is 1. The van der Waals surface area contributed by atoms with Gasteiger partial charge in [0.15, 0.2) is 5.65 Å². The quantitative estimate of drug-likeness (QED) is 0.646. The molecule has 2 fully saturated rings. The summed E-state index contributed by atoms with van der Waals surface area (Å²) in [4.78, 5) is 21.0. The maximum atomic E-state index is 13.9. The van der Waals surface area contributed by atoms with E-state index in [2.05, 4.69) is 15.3 Å². The van der Waals surface area contributed by atoms with Crippen molar-refractivity contribution < 1.29 is 14.3 Å². The van der Waals surface area contributed by atoms with Crippen LogP contribution in [0.5, 0.6) is 0 Å². The van der Waals surface area contributed by atoms with E-state index >= 15 is 0 Å². The van der Waals surface area contributed by atoms with E-state index in [0.717, 1.165) is 24.9 Å². The first-order valence-corrected chi connectivity index (χ1v) is 10.7. The zero-order valence-corrected chi connectivity index (χ0v) is 17.5. The number of hydrogen-bond acceptors (Lipinski definition) is 5. The highest BCUT2D eigenvalue weighted by molar-refractivity contribution is 6.31. The van der Waals surface area contributed by atoms with E-state index in [0.29, 0.717) is 41.7 Å². The fraction of sp³-hybridized carbons (Fsp3) is 0.381. The Kier molecular flexibility index (Phi) is 5.15. The lowest BCUT2D eigenvalue weighted by Crippen LogP contribution is -2.33. The predicted molar refractivity (Wildman–Crippen MR) is 115 cm³/mol. The first-order chi connectivity index (χ1) is 15.0. The van der Waals surface area contributed by atoms with Crippen LogP contribution in [0, 0.1) is 5.82 Å². The van der Waals surface area contributed by atoms with Crippen LogP contribution in [0.4, 0.5) is 20.7 Å². The summed E-state index contributed by atoms with van der Waals surface area (Å²) in [5.41, 5.74) is 1.75. The molecule has 2 aliphatic rings. The maximum absolute atomic E-state index is 13.9. The Morgan fingerprint density at radius 3 is 2.94 bits per heavy atom. The van der Waals surface area contributed by atoms with Crippen molar-refractivity contribution in [1.82, 2.24) is 19.5 Å². The third-order valence-corrected chi connectivity index (χ3v) is 6.25. The van der Waals surface area contributed by atoms with Crippen LogP contribution >= 0.6 is 11.6 Å². The van der Waals surface area contributed by atoms with Gasteiger partial charge >= 0.3 is 6.03 Å². The van der Waals surface area contributed by atoms with Gasteiger partial charge in [0.2, 0.25) is 0 Å². The minimum atomic E-state index is -0.485. The number of likely N-dealkylation sites (tertiary alicyclic amines) is 1. The minimum absolute atomic E-state index is 0.0785. The molecule has 4 heterocycles. The van der Waals surface area contributed by atoms with Gasteiger partial charge in [0.05, 0.1) is 18.3 Å². The number of carbonyl (C=O) groups is 1. The third kappa shape index (κ3) is 3.79. The second-order valence-electron chi connectivity index (χ2n) is 7.95. The molecule has 8 nitrogen and oxygen atoms in total. The molecule has 2 saturated heterocycles. The average Bonchev–Trinajstić information content (AvgIpc) is 3.49. The van der Waals surface area contributed by atoms with Gasteiger partial charge < -0.3 is 20.2 Å². The normalized spacial score (nSPS) is 21.3. The van der Waals surface area contributed by atoms with Gasteiger partial charge in [0.25, 0.3) is 0 Å². The topological polar surface area (TPSA) is 86.0 Å². The summed E-state index contributed by atoms with van der Waals surface area (Å²) in [5.74, 6) is 0.394. The van der Waals surface area contributed by atoms with Crippen molar-refractivity contribution in [3.63, 3.8) is 0 Å². The molecule has 0 bridgehead atoms. The Labute approximate surface area is 183 Å². The minimum Gasteiger partial charge on any atom is -0.391 e. The molecule has 0 spiro atoms. The van der Waals surface area contributed by atoms with Crippen LogP contribution in [0.2, 0.25) is 5.02 Å². The Balaban J connectivity index is 1.43. The fourth-order valence-corrected chi connectivity index (χ4v) is 4.61. The summed E-state index contributed by atoms with van der Waals surface area (Å²) in [7, 11) is 0. The molecule has 2 atom stereocenters. The number of urea groups is 1. The van der Waals surface area contributed by atoms with Gasteiger partial charge in [-0.05, 0) is 49.1 Å². The number of aliphatic hydroxyl groups is 1. The molecule has 1 unspecified atom stereocenters. The number of hydrogen-bond donors (Lipinski definition) is 2. The number of β-amino-alcohol motifs (C(OH)–C–C–N with tert-alkyl or cyclic N) is 1. The van der Waals surface area contributed by atoms with Crippen LogP contribution in [0.1, 0.15) is 30.9 Å². The van der Waals surface area contributed by atoms with Crippen molar-refractivity contribution in [2.75, 3.05) is 29.9 Å². The molecular formula is C21H22ClFN6O2. The molecule has 162 valence electrons. The molecule has 2 N–H and O–H groups in total. The summed E-state index contributed by atoms with van der Waals surface area (Å²) in [6.45, 7) is 1.59. The van der Waals surface area contributed by atoms with Crippen LogP contribution in [0.3, 0.4) is 0 Å². The van der Waals surface area contributed by atoms with Gasteiger partial charge in [-0.2, -0.15) is 5.10 Å². The molecule has 2 aliphatic heterocycles. The summed E-state index contributed by atoms with van der Waals surface area (Å²) >= 11 is 6.36. The largest absolute Gasteiger partial charge is 0.391 e. The van der Waals surface area contributed by atoms with Crippen molar-refractivity contribution >= 4 is 34.8 Å². The summed E-state index contributed by atoms with van der Waals surface area (Å²) in [6.07, 6.45) is 5.21. The number of aromatic nitrogens is 3. The summed E-state index contributed by atoms with van der Waals surface area (Å²) < 4.78 is 15.5. The molecule has 10 heteroatoms. The third-order valence-electron chi connectivity index (χ3n) is 5.91. The highest BCUT2D eigenvalue weighted by Gasteiger charge is 2.30. The standard InChI is InChI=1S/C21H22ClFN6O2/c22-16-4-3-13(23)10-15(16)18-2-1-7-28(18)19-6-9-29-20(26-19)17(11-24-29)25-21(31)27-8-5-14(30)12-27/h3-4,6,9-11,14,18,30H,1-2,5,7-8,12H2,(H,25,31)/t14?,18-/m1/s1. The molecule has 1 aromatic carbocycles. The first-order valence-electron chi connectivity index (χ1n) is 10.3. The summed E-state index contributed by atoms with van der Waals surface area (Å²) in [6, 6.07) is 5.91. The number of fused-ring (bicyclic) bond motifs is 1.